The first-order valence-electron chi connectivity index (χ1n) is 14.1. The Morgan fingerprint density at radius 3 is 2.64 bits per heavy atom. The van der Waals surface area contributed by atoms with Gasteiger partial charge < -0.3 is 4.90 Å². The number of nitrogens with zero attached hydrogens (tertiary/aromatic N) is 3. The third-order valence-electron chi connectivity index (χ3n) is 8.49. The number of carbonyl (C=O) groups is 1. The zero-order chi connectivity index (χ0) is 25.2. The van der Waals surface area contributed by atoms with Crippen molar-refractivity contribution in [3.8, 4) is 0 Å². The highest BCUT2D eigenvalue weighted by atomic mass is 16.1. The van der Waals surface area contributed by atoms with Crippen LogP contribution in [0.15, 0.2) is 79.0 Å². The number of amidine groups is 1. The molecule has 2 aliphatic carbocycles. The van der Waals surface area contributed by atoms with Crippen LogP contribution < -0.4 is 0 Å². The molecule has 0 saturated carbocycles. The predicted octanol–water partition coefficient (Wildman–Crippen LogP) is 7.23. The fraction of sp³-hybridized carbons (Fsp3) is 0.531. The largest absolute Gasteiger partial charge is 0.355 e. The second-order valence-electron chi connectivity index (χ2n) is 11.0. The minimum atomic E-state index is 0.158. The Kier molecular flexibility index (Phi) is 7.41. The Morgan fingerprint density at radius 2 is 1.89 bits per heavy atom. The van der Waals surface area contributed by atoms with Crippen LogP contribution in [0.25, 0.3) is 0 Å². The predicted molar refractivity (Wildman–Crippen MR) is 150 cm³/mol. The number of dihydropyridines is 1. The van der Waals surface area contributed by atoms with Gasteiger partial charge in [-0.1, -0.05) is 56.6 Å². The number of hydrogen-bond acceptors (Lipinski definition) is 4. The maximum atomic E-state index is 12.0. The summed E-state index contributed by atoms with van der Waals surface area (Å²) >= 11 is 0. The van der Waals surface area contributed by atoms with Gasteiger partial charge in [-0.15, -0.1) is 0 Å². The standard InChI is InChI=1S/C32H41N3O/c1-5-8-24-18-28-19-31(34-32(22(24)4)35-13-11-29(36)12-14-35)30(20-33-28)26-10-7-9-25-16-23(6-2)21(3)15-27(25)17-26/h9,16-17,19-21,28H,5-8,10-15,18H2,1-4H3/b24-22?,30-26+,34-32?. The van der Waals surface area contributed by atoms with Crippen molar-refractivity contribution in [3.63, 3.8) is 0 Å². The number of Topliss-reactive ketones (excluding diaryl/α,β-unsaturated/α-hetero) is 1. The fourth-order valence-electron chi connectivity index (χ4n) is 6.31. The number of aliphatic imine (C=N–C) groups is 2. The van der Waals surface area contributed by atoms with Crippen molar-refractivity contribution in [2.45, 2.75) is 91.5 Å². The monoisotopic (exact) mass is 483 g/mol. The number of rotatable bonds is 3. The highest BCUT2D eigenvalue weighted by Crippen LogP contribution is 2.39. The number of hydrogen-bond donors (Lipinski definition) is 0. The molecule has 1 fully saturated rings. The number of piperidine rings is 1. The smallest absolute Gasteiger partial charge is 0.136 e. The molecule has 3 aliphatic heterocycles. The Labute approximate surface area is 217 Å². The first-order chi connectivity index (χ1) is 17.5. The van der Waals surface area contributed by atoms with Crippen LogP contribution in [0.1, 0.15) is 85.5 Å². The molecule has 5 rings (SSSR count). The van der Waals surface area contributed by atoms with Gasteiger partial charge in [0.1, 0.15) is 11.6 Å². The second kappa shape index (κ2) is 10.7. The van der Waals surface area contributed by atoms with E-state index in [1.54, 1.807) is 5.57 Å². The van der Waals surface area contributed by atoms with Crippen molar-refractivity contribution in [3.05, 3.63) is 69.0 Å². The molecule has 0 radical (unpaired) electrons. The maximum absolute atomic E-state index is 12.0. The van der Waals surface area contributed by atoms with Gasteiger partial charge in [0.15, 0.2) is 0 Å². The summed E-state index contributed by atoms with van der Waals surface area (Å²) in [7, 11) is 0. The molecule has 1 saturated heterocycles. The van der Waals surface area contributed by atoms with Crippen LogP contribution in [0, 0.1) is 5.92 Å². The molecule has 0 aromatic carbocycles. The number of carbonyl (C=O) groups excluding carboxylic acids is 1. The van der Waals surface area contributed by atoms with Gasteiger partial charge in [-0.25, -0.2) is 4.99 Å². The molecule has 36 heavy (non-hydrogen) atoms. The zero-order valence-corrected chi connectivity index (χ0v) is 22.6. The molecule has 2 unspecified atom stereocenters. The zero-order valence-electron chi connectivity index (χ0n) is 22.6. The lowest BCUT2D eigenvalue weighted by atomic mass is 9.81. The van der Waals surface area contributed by atoms with Crippen molar-refractivity contribution in [2.75, 3.05) is 13.1 Å². The van der Waals surface area contributed by atoms with Crippen LogP contribution in [0.2, 0.25) is 0 Å². The summed E-state index contributed by atoms with van der Waals surface area (Å²) in [5.74, 6) is 2.05. The van der Waals surface area contributed by atoms with Crippen LogP contribution in [0.4, 0.5) is 0 Å². The summed E-state index contributed by atoms with van der Waals surface area (Å²) in [4.78, 5) is 24.7. The lowest BCUT2D eigenvalue weighted by Crippen LogP contribution is -2.40. The van der Waals surface area contributed by atoms with Crippen LogP contribution in [0.5, 0.6) is 0 Å². The van der Waals surface area contributed by atoms with Gasteiger partial charge in [0.2, 0.25) is 0 Å². The third kappa shape index (κ3) is 5.05. The van der Waals surface area contributed by atoms with Crippen molar-refractivity contribution in [1.29, 1.82) is 0 Å². The van der Waals surface area contributed by atoms with Gasteiger partial charge >= 0.3 is 0 Å². The molecule has 4 nitrogen and oxygen atoms in total. The molecule has 0 aromatic heterocycles. The van der Waals surface area contributed by atoms with E-state index in [4.69, 9.17) is 9.98 Å². The summed E-state index contributed by atoms with van der Waals surface area (Å²) in [6.45, 7) is 10.7. The van der Waals surface area contributed by atoms with Gasteiger partial charge in [-0.2, -0.15) is 0 Å². The molecule has 0 aromatic rings. The first kappa shape index (κ1) is 24.9. The third-order valence-corrected chi connectivity index (χ3v) is 8.49. The van der Waals surface area contributed by atoms with E-state index in [1.165, 1.54) is 33.4 Å². The van der Waals surface area contributed by atoms with Crippen molar-refractivity contribution in [2.24, 2.45) is 15.9 Å². The lowest BCUT2D eigenvalue weighted by Gasteiger charge is -2.33. The summed E-state index contributed by atoms with van der Waals surface area (Å²) < 4.78 is 0. The van der Waals surface area contributed by atoms with Crippen molar-refractivity contribution < 1.29 is 4.79 Å². The molecule has 190 valence electrons. The topological polar surface area (TPSA) is 45.0 Å². The molecule has 2 bridgehead atoms. The van der Waals surface area contributed by atoms with E-state index in [0.717, 1.165) is 69.6 Å². The number of ketones is 1. The summed E-state index contributed by atoms with van der Waals surface area (Å²) in [6.07, 6.45) is 20.4. The van der Waals surface area contributed by atoms with Crippen LogP contribution in [-0.4, -0.2) is 41.9 Å². The van der Waals surface area contributed by atoms with Gasteiger partial charge in [0.05, 0.1) is 11.7 Å². The number of likely N-dealkylation sites (tertiary alicyclic amines) is 1. The van der Waals surface area contributed by atoms with E-state index in [2.05, 4.69) is 63.1 Å². The van der Waals surface area contributed by atoms with Gasteiger partial charge in [-0.05, 0) is 79.7 Å². The average molecular weight is 484 g/mol. The molecule has 3 heterocycles. The van der Waals surface area contributed by atoms with Crippen LogP contribution >= 0.6 is 0 Å². The van der Waals surface area contributed by atoms with E-state index >= 15 is 0 Å². The van der Waals surface area contributed by atoms with Gasteiger partial charge in [-0.3, -0.25) is 9.79 Å². The molecule has 0 amide bonds. The summed E-state index contributed by atoms with van der Waals surface area (Å²) in [6, 6.07) is 0.158. The second-order valence-corrected chi connectivity index (χ2v) is 11.0. The highest BCUT2D eigenvalue weighted by Gasteiger charge is 2.28. The van der Waals surface area contributed by atoms with Gasteiger partial charge in [0, 0.05) is 37.7 Å². The molecule has 0 spiro atoms. The number of fused-ring (bicyclic) bond motifs is 2. The fourth-order valence-corrected chi connectivity index (χ4v) is 6.31. The molecule has 5 aliphatic rings. The van der Waals surface area contributed by atoms with Crippen LogP contribution in [0.3, 0.4) is 0 Å². The average Bonchev–Trinajstić information content (AvgIpc) is 3.08. The van der Waals surface area contributed by atoms with Crippen LogP contribution in [-0.2, 0) is 4.79 Å². The number of allylic oxidation sites excluding steroid dienone is 8. The van der Waals surface area contributed by atoms with Gasteiger partial charge in [0.25, 0.3) is 0 Å². The Balaban J connectivity index is 1.57. The Hall–Kier alpha value is -2.75. The summed E-state index contributed by atoms with van der Waals surface area (Å²) in [5, 5.41) is 0. The quantitative estimate of drug-likeness (QED) is 0.425. The maximum Gasteiger partial charge on any atom is 0.136 e. The molecule has 2 atom stereocenters. The molecule has 4 heteroatoms. The Bertz CT molecular complexity index is 1170. The molecule has 0 N–H and O–H groups in total. The van der Waals surface area contributed by atoms with E-state index in [0.29, 0.717) is 24.5 Å². The van der Waals surface area contributed by atoms with Crippen molar-refractivity contribution in [1.82, 2.24) is 4.90 Å². The minimum absolute atomic E-state index is 0.158. The molecular weight excluding hydrogens is 442 g/mol. The molecular formula is C32H41N3O. The summed E-state index contributed by atoms with van der Waals surface area (Å²) in [5.41, 5.74) is 10.8. The SMILES string of the molecule is CCCC1=C(C)C(N2CCC(=O)CC2)=NC2=CC(C1)N=C/C2=C1\C=C2CC(C)C(CC)=CC2=CCC1. The lowest BCUT2D eigenvalue weighted by molar-refractivity contribution is -0.120. The van der Waals surface area contributed by atoms with E-state index in [-0.39, 0.29) is 6.04 Å². The normalized spacial score (nSPS) is 28.8. The minimum Gasteiger partial charge on any atom is -0.355 e. The van der Waals surface area contributed by atoms with E-state index < -0.39 is 0 Å². The van der Waals surface area contributed by atoms with Crippen molar-refractivity contribution >= 4 is 17.8 Å². The Morgan fingerprint density at radius 1 is 1.08 bits per heavy atom. The van der Waals surface area contributed by atoms with E-state index in [1.807, 2.05) is 0 Å². The first-order valence-corrected chi connectivity index (χ1v) is 14.1. The highest BCUT2D eigenvalue weighted by molar-refractivity contribution is 6.02. The van der Waals surface area contributed by atoms with E-state index in [9.17, 15) is 4.79 Å².